The van der Waals surface area contributed by atoms with Crippen molar-refractivity contribution in [1.29, 1.82) is 0 Å². The molecule has 0 aromatic carbocycles. The minimum absolute atomic E-state index is 0.112. The molecule has 0 aliphatic carbocycles. The smallest absolute Gasteiger partial charge is 0.220 e. The van der Waals surface area contributed by atoms with Gasteiger partial charge in [0.25, 0.3) is 0 Å². The van der Waals surface area contributed by atoms with Crippen LogP contribution in [0.25, 0.3) is 0 Å². The number of carbonyl (C=O) groups is 1. The van der Waals surface area contributed by atoms with Gasteiger partial charge in [-0.05, 0) is 19.3 Å². The molecule has 0 spiro atoms. The Morgan fingerprint density at radius 1 is 1.72 bits per heavy atom. The molecule has 2 heterocycles. The van der Waals surface area contributed by atoms with Crippen LogP contribution in [0.3, 0.4) is 0 Å². The minimum Gasteiger partial charge on any atom is -0.354 e. The highest BCUT2D eigenvalue weighted by Gasteiger charge is 2.26. The molecule has 5 heteroatoms. The average Bonchev–Trinajstić information content (AvgIpc) is 3.03. The monoisotopic (exact) mass is 265 g/mol. The topological polar surface area (TPSA) is 45.2 Å². The fraction of sp³-hybridized carbons (Fsp3) is 0.538. The van der Waals surface area contributed by atoms with E-state index in [1.165, 1.54) is 6.42 Å². The molecule has 1 aliphatic rings. The van der Waals surface area contributed by atoms with E-state index in [1.54, 1.807) is 17.4 Å². The summed E-state index contributed by atoms with van der Waals surface area (Å²) in [6.45, 7) is 5.38. The predicted molar refractivity (Wildman–Crippen MR) is 74.9 cm³/mol. The van der Waals surface area contributed by atoms with E-state index < -0.39 is 0 Å². The summed E-state index contributed by atoms with van der Waals surface area (Å²) in [6.07, 6.45) is 7.18. The summed E-state index contributed by atoms with van der Waals surface area (Å²) in [6, 6.07) is 0.392. The number of anilines is 1. The van der Waals surface area contributed by atoms with Gasteiger partial charge in [0, 0.05) is 37.1 Å². The van der Waals surface area contributed by atoms with Crippen molar-refractivity contribution in [1.82, 2.24) is 10.3 Å². The van der Waals surface area contributed by atoms with Crippen LogP contribution in [-0.4, -0.2) is 30.0 Å². The maximum atomic E-state index is 11.6. The first kappa shape index (κ1) is 13.1. The lowest BCUT2D eigenvalue weighted by molar-refractivity contribution is -0.121. The second-order valence-electron chi connectivity index (χ2n) is 4.44. The maximum absolute atomic E-state index is 11.6. The average molecular weight is 265 g/mol. The van der Waals surface area contributed by atoms with Crippen LogP contribution in [-0.2, 0) is 4.79 Å². The number of allylic oxidation sites excluding steroid dienone is 1. The van der Waals surface area contributed by atoms with Crippen molar-refractivity contribution in [2.45, 2.75) is 31.7 Å². The highest BCUT2D eigenvalue weighted by atomic mass is 32.1. The van der Waals surface area contributed by atoms with Crippen molar-refractivity contribution in [3.63, 3.8) is 0 Å². The Morgan fingerprint density at radius 2 is 2.61 bits per heavy atom. The van der Waals surface area contributed by atoms with Gasteiger partial charge in [-0.15, -0.1) is 17.9 Å². The molecule has 1 aliphatic heterocycles. The van der Waals surface area contributed by atoms with Crippen LogP contribution in [0.2, 0.25) is 0 Å². The van der Waals surface area contributed by atoms with Crippen molar-refractivity contribution in [3.8, 4) is 0 Å². The van der Waals surface area contributed by atoms with Gasteiger partial charge in [0.2, 0.25) is 5.91 Å². The summed E-state index contributed by atoms with van der Waals surface area (Å²) in [5.41, 5.74) is 0. The van der Waals surface area contributed by atoms with Crippen LogP contribution < -0.4 is 10.2 Å². The molecular formula is C13H19N3OS. The van der Waals surface area contributed by atoms with E-state index in [4.69, 9.17) is 0 Å². The Kier molecular flexibility index (Phi) is 4.75. The van der Waals surface area contributed by atoms with Crippen LogP contribution in [0.4, 0.5) is 5.13 Å². The van der Waals surface area contributed by atoms with Crippen molar-refractivity contribution >= 4 is 22.4 Å². The van der Waals surface area contributed by atoms with Crippen LogP contribution in [0, 0.1) is 0 Å². The number of rotatable bonds is 6. The Hall–Kier alpha value is -1.36. The second kappa shape index (κ2) is 6.54. The van der Waals surface area contributed by atoms with Crippen molar-refractivity contribution in [2.24, 2.45) is 0 Å². The molecule has 0 saturated carbocycles. The first-order valence-electron chi connectivity index (χ1n) is 6.35. The third-order valence-corrected chi connectivity index (χ3v) is 3.96. The second-order valence-corrected chi connectivity index (χ2v) is 5.31. The maximum Gasteiger partial charge on any atom is 0.220 e. The molecule has 1 N–H and O–H groups in total. The third kappa shape index (κ3) is 3.32. The van der Waals surface area contributed by atoms with Gasteiger partial charge in [-0.2, -0.15) is 0 Å². The van der Waals surface area contributed by atoms with Gasteiger partial charge in [-0.25, -0.2) is 4.98 Å². The number of hydrogen-bond acceptors (Lipinski definition) is 4. The number of amides is 1. The van der Waals surface area contributed by atoms with Crippen molar-refractivity contribution in [2.75, 3.05) is 18.0 Å². The first-order valence-corrected chi connectivity index (χ1v) is 7.23. The SMILES string of the molecule is C=CCCC(=O)NCC1CCCN1c1nccs1. The Morgan fingerprint density at radius 3 is 3.33 bits per heavy atom. The van der Waals surface area contributed by atoms with Gasteiger partial charge in [0.15, 0.2) is 5.13 Å². The number of nitrogens with one attached hydrogen (secondary N) is 1. The van der Waals surface area contributed by atoms with E-state index in [-0.39, 0.29) is 5.91 Å². The lowest BCUT2D eigenvalue weighted by Gasteiger charge is -2.24. The van der Waals surface area contributed by atoms with Crippen LogP contribution in [0.1, 0.15) is 25.7 Å². The molecule has 2 rings (SSSR count). The Balaban J connectivity index is 1.81. The van der Waals surface area contributed by atoms with E-state index in [1.807, 2.05) is 11.6 Å². The molecule has 1 amide bonds. The van der Waals surface area contributed by atoms with Gasteiger partial charge < -0.3 is 10.2 Å². The van der Waals surface area contributed by atoms with Gasteiger partial charge in [0.1, 0.15) is 0 Å². The normalized spacial score (nSPS) is 18.9. The third-order valence-electron chi connectivity index (χ3n) is 3.15. The van der Waals surface area contributed by atoms with E-state index in [2.05, 4.69) is 21.8 Å². The first-order chi connectivity index (χ1) is 8.81. The molecule has 98 valence electrons. The van der Waals surface area contributed by atoms with Crippen molar-refractivity contribution in [3.05, 3.63) is 24.2 Å². The molecule has 0 bridgehead atoms. The predicted octanol–water partition coefficient (Wildman–Crippen LogP) is 2.19. The highest BCUT2D eigenvalue weighted by Crippen LogP contribution is 2.26. The molecule has 1 unspecified atom stereocenters. The Labute approximate surface area is 112 Å². The molecule has 18 heavy (non-hydrogen) atoms. The summed E-state index contributed by atoms with van der Waals surface area (Å²) < 4.78 is 0. The largest absolute Gasteiger partial charge is 0.354 e. The molecule has 1 saturated heterocycles. The van der Waals surface area contributed by atoms with E-state index in [0.717, 1.165) is 31.1 Å². The quantitative estimate of drug-likeness (QED) is 0.802. The summed E-state index contributed by atoms with van der Waals surface area (Å²) in [7, 11) is 0. The molecule has 0 radical (unpaired) electrons. The molecule has 1 aromatic rings. The lowest BCUT2D eigenvalue weighted by atomic mass is 10.2. The fourth-order valence-corrected chi connectivity index (χ4v) is 2.95. The number of nitrogens with zero attached hydrogens (tertiary/aromatic N) is 2. The highest BCUT2D eigenvalue weighted by molar-refractivity contribution is 7.13. The zero-order chi connectivity index (χ0) is 12.8. The zero-order valence-corrected chi connectivity index (χ0v) is 11.3. The van der Waals surface area contributed by atoms with E-state index in [0.29, 0.717) is 12.5 Å². The number of carbonyl (C=O) groups excluding carboxylic acids is 1. The number of thiazole rings is 1. The van der Waals surface area contributed by atoms with E-state index in [9.17, 15) is 4.79 Å². The summed E-state index contributed by atoms with van der Waals surface area (Å²) in [5, 5.41) is 6.06. The minimum atomic E-state index is 0.112. The summed E-state index contributed by atoms with van der Waals surface area (Å²) in [4.78, 5) is 18.2. The van der Waals surface area contributed by atoms with E-state index >= 15 is 0 Å². The molecule has 4 nitrogen and oxygen atoms in total. The number of aromatic nitrogens is 1. The summed E-state index contributed by atoms with van der Waals surface area (Å²) in [5.74, 6) is 0.112. The molecule has 1 fully saturated rings. The lowest BCUT2D eigenvalue weighted by Crippen LogP contribution is -2.40. The van der Waals surface area contributed by atoms with Gasteiger partial charge in [-0.1, -0.05) is 6.08 Å². The van der Waals surface area contributed by atoms with Crippen LogP contribution >= 0.6 is 11.3 Å². The zero-order valence-electron chi connectivity index (χ0n) is 10.5. The Bertz CT molecular complexity index is 391. The van der Waals surface area contributed by atoms with Crippen molar-refractivity contribution < 1.29 is 4.79 Å². The van der Waals surface area contributed by atoms with Gasteiger partial charge in [-0.3, -0.25) is 4.79 Å². The molecule has 1 aromatic heterocycles. The van der Waals surface area contributed by atoms with Crippen LogP contribution in [0.15, 0.2) is 24.2 Å². The fourth-order valence-electron chi connectivity index (χ4n) is 2.21. The van der Waals surface area contributed by atoms with Gasteiger partial charge in [0.05, 0.1) is 0 Å². The standard InChI is InChI=1S/C13H19N3OS/c1-2-3-6-12(17)15-10-11-5-4-8-16(11)13-14-7-9-18-13/h2,7,9,11H,1,3-6,8,10H2,(H,15,17). The number of hydrogen-bond donors (Lipinski definition) is 1. The molecule has 1 atom stereocenters. The van der Waals surface area contributed by atoms with Gasteiger partial charge >= 0.3 is 0 Å². The summed E-state index contributed by atoms with van der Waals surface area (Å²) >= 11 is 1.66. The van der Waals surface area contributed by atoms with Crippen LogP contribution in [0.5, 0.6) is 0 Å². The molecular weight excluding hydrogens is 246 g/mol.